The number of carbonyl (C=O) groups excluding carboxylic acids is 1. The molecule has 0 unspecified atom stereocenters. The van der Waals surface area contributed by atoms with E-state index in [1.165, 1.54) is 19.1 Å². The van der Waals surface area contributed by atoms with Gasteiger partial charge >= 0.3 is 19.4 Å². The second-order valence-corrected chi connectivity index (χ2v) is 10.0. The zero-order valence-electron chi connectivity index (χ0n) is 19.7. The van der Waals surface area contributed by atoms with E-state index in [4.69, 9.17) is 24.3 Å². The second kappa shape index (κ2) is 11.5. The van der Waals surface area contributed by atoms with Crippen molar-refractivity contribution in [1.82, 2.24) is 14.6 Å². The molecular weight excluding hydrogens is 502 g/mol. The summed E-state index contributed by atoms with van der Waals surface area (Å²) in [5, 5.41) is 13.0. The number of rotatable bonds is 10. The number of hydrogen-bond acceptors (Lipinski definition) is 10. The minimum Gasteiger partial charge on any atom is -0.462 e. The van der Waals surface area contributed by atoms with Gasteiger partial charge in [-0.1, -0.05) is 18.2 Å². The highest BCUT2D eigenvalue weighted by molar-refractivity contribution is 7.52. The van der Waals surface area contributed by atoms with Crippen LogP contribution in [-0.2, 0) is 23.4 Å². The third kappa shape index (κ3) is 6.66. The number of nitrogens with one attached hydrogen (secondary N) is 2. The van der Waals surface area contributed by atoms with Gasteiger partial charge in [0.1, 0.15) is 24.0 Å². The number of hydrogen-bond donors (Lipinski definition) is 4. The second-order valence-electron chi connectivity index (χ2n) is 8.31. The summed E-state index contributed by atoms with van der Waals surface area (Å²) in [4.78, 5) is 37.4. The molecule has 13 nitrogen and oxygen atoms in total. The van der Waals surface area contributed by atoms with E-state index in [2.05, 4.69) is 5.09 Å². The van der Waals surface area contributed by atoms with E-state index >= 15 is 0 Å². The molecule has 1 aromatic heterocycles. The Labute approximate surface area is 204 Å². The predicted octanol–water partition coefficient (Wildman–Crippen LogP) is 0.395. The molecule has 1 aliphatic rings. The molecule has 2 heterocycles. The molecule has 0 saturated carbocycles. The van der Waals surface area contributed by atoms with Gasteiger partial charge in [0, 0.05) is 0 Å². The average Bonchev–Trinajstić information content (AvgIpc) is 3.08. The Morgan fingerprint density at radius 3 is 2.61 bits per heavy atom. The maximum atomic E-state index is 13.7. The third-order valence-corrected chi connectivity index (χ3v) is 6.70. The fourth-order valence-corrected chi connectivity index (χ4v) is 4.81. The molecule has 1 aliphatic heterocycles. The van der Waals surface area contributed by atoms with Crippen molar-refractivity contribution in [3.05, 3.63) is 63.2 Å². The third-order valence-electron chi connectivity index (χ3n) is 5.05. The van der Waals surface area contributed by atoms with E-state index in [1.54, 1.807) is 37.0 Å². The lowest BCUT2D eigenvalue weighted by molar-refractivity contribution is -0.149. The van der Waals surface area contributed by atoms with Crippen LogP contribution in [0.5, 0.6) is 5.75 Å². The fraction of sp³-hybridized carbons (Fsp3) is 0.476. The summed E-state index contributed by atoms with van der Waals surface area (Å²) in [7, 11) is -4.27. The largest absolute Gasteiger partial charge is 0.462 e. The van der Waals surface area contributed by atoms with Crippen molar-refractivity contribution in [1.29, 1.82) is 0 Å². The number of aromatic nitrogens is 2. The molecule has 0 amide bonds. The van der Waals surface area contributed by atoms with Crippen LogP contribution in [0.4, 0.5) is 4.39 Å². The molecule has 0 aliphatic carbocycles. The summed E-state index contributed by atoms with van der Waals surface area (Å²) in [5.74, 6) is -1.80. The lowest BCUT2D eigenvalue weighted by atomic mass is 10.1. The normalized spacial score (nSPS) is 24.3. The van der Waals surface area contributed by atoms with Gasteiger partial charge in [-0.15, -0.1) is 0 Å². The maximum Gasteiger partial charge on any atom is 0.459 e. The smallest absolute Gasteiger partial charge is 0.459 e. The lowest BCUT2D eigenvalue weighted by Gasteiger charge is -2.25. The number of nitrogens with zero attached hydrogens (tertiary/aromatic N) is 1. The Hall–Kier alpha value is -2.87. The monoisotopic (exact) mass is 530 g/mol. The Balaban J connectivity index is 1.77. The van der Waals surface area contributed by atoms with Gasteiger partial charge in [-0.25, -0.2) is 9.36 Å². The summed E-state index contributed by atoms with van der Waals surface area (Å²) in [6.07, 6.45) is -3.85. The summed E-state index contributed by atoms with van der Waals surface area (Å²) >= 11 is 0. The zero-order chi connectivity index (χ0) is 26.6. The molecule has 2 aromatic rings. The van der Waals surface area contributed by atoms with Crippen LogP contribution in [0.15, 0.2) is 46.1 Å². The van der Waals surface area contributed by atoms with E-state index < -0.39 is 74.0 Å². The van der Waals surface area contributed by atoms with Crippen molar-refractivity contribution in [2.75, 3.05) is 6.61 Å². The zero-order valence-corrected chi connectivity index (χ0v) is 20.6. The van der Waals surface area contributed by atoms with Gasteiger partial charge < -0.3 is 24.8 Å². The molecule has 36 heavy (non-hydrogen) atoms. The summed E-state index contributed by atoms with van der Waals surface area (Å²) in [6, 6.07) is 5.66. The van der Waals surface area contributed by atoms with Crippen molar-refractivity contribution in [3.8, 4) is 5.75 Å². The minimum absolute atomic E-state index is 0.162. The van der Waals surface area contributed by atoms with Crippen LogP contribution < -0.4 is 26.6 Å². The van der Waals surface area contributed by atoms with Crippen LogP contribution in [0.2, 0.25) is 0 Å². The molecule has 198 valence electrons. The van der Waals surface area contributed by atoms with Crippen molar-refractivity contribution in [3.63, 3.8) is 0 Å². The fourth-order valence-electron chi connectivity index (χ4n) is 3.31. The molecule has 0 spiro atoms. The molecule has 0 radical (unpaired) electrons. The molecule has 5 N–H and O–H groups in total. The highest BCUT2D eigenvalue weighted by Gasteiger charge is 2.45. The topological polar surface area (TPSA) is 184 Å². The van der Waals surface area contributed by atoms with Crippen LogP contribution >= 0.6 is 7.75 Å². The number of benzene rings is 1. The lowest BCUT2D eigenvalue weighted by Crippen LogP contribution is -2.43. The van der Waals surface area contributed by atoms with E-state index in [0.717, 1.165) is 0 Å². The van der Waals surface area contributed by atoms with Crippen LogP contribution in [0.1, 0.15) is 27.0 Å². The van der Waals surface area contributed by atoms with Crippen LogP contribution in [0.25, 0.3) is 0 Å². The highest BCUT2D eigenvalue weighted by Crippen LogP contribution is 2.45. The molecule has 3 rings (SSSR count). The Kier molecular flexibility index (Phi) is 8.82. The number of carbonyl (C=O) groups is 1. The first-order valence-corrected chi connectivity index (χ1v) is 12.5. The predicted molar refractivity (Wildman–Crippen MR) is 124 cm³/mol. The van der Waals surface area contributed by atoms with Crippen molar-refractivity contribution in [2.45, 2.75) is 57.4 Å². The highest BCUT2D eigenvalue weighted by atomic mass is 31.2. The quantitative estimate of drug-likeness (QED) is 0.246. The number of aromatic amines is 1. The number of aliphatic hydroxyl groups excluding tert-OH is 1. The first-order valence-electron chi connectivity index (χ1n) is 11.0. The van der Waals surface area contributed by atoms with Gasteiger partial charge in [-0.3, -0.25) is 23.7 Å². The molecule has 6 atom stereocenters. The first kappa shape index (κ1) is 27.7. The van der Waals surface area contributed by atoms with E-state index in [-0.39, 0.29) is 5.75 Å². The van der Waals surface area contributed by atoms with E-state index in [1.807, 2.05) is 0 Å². The van der Waals surface area contributed by atoms with Gasteiger partial charge in [-0.2, -0.15) is 9.48 Å². The Morgan fingerprint density at radius 1 is 1.31 bits per heavy atom. The van der Waals surface area contributed by atoms with Crippen LogP contribution in [0, 0.1) is 5.82 Å². The minimum atomic E-state index is -4.27. The molecule has 1 aromatic carbocycles. The SMILES string of the molecule is CC(C)OC(=O)[C@H](C)N[P@@](=O)(OC[C@H]1O[C@@H](n2cc(F)c(=O)[nH]c2=O)[C@H](N)[C@@H]1O)Oc1ccccc1. The number of H-pyrrole nitrogens is 1. The Morgan fingerprint density at radius 2 is 1.97 bits per heavy atom. The van der Waals surface area contributed by atoms with Crippen molar-refractivity contribution < 1.29 is 37.4 Å². The average molecular weight is 530 g/mol. The number of nitrogens with two attached hydrogens (primary N) is 1. The van der Waals surface area contributed by atoms with E-state index in [9.17, 15) is 28.4 Å². The molecule has 0 bridgehead atoms. The van der Waals surface area contributed by atoms with Crippen molar-refractivity contribution >= 4 is 13.7 Å². The van der Waals surface area contributed by atoms with Gasteiger partial charge in [-0.05, 0) is 32.9 Å². The Bertz CT molecular complexity index is 1220. The molecule has 15 heteroatoms. The standard InChI is InChI=1S/C21H28FN4O9P/c1-11(2)33-20(29)12(3)25-36(31,35-13-7-5-4-6-8-13)32-10-15-17(27)16(23)19(34-15)26-9-14(22)18(28)24-21(26)30/h4-9,11-12,15-17,19,27H,10,23H2,1-3H3,(H,25,31)(H,24,28,30)/t12-,15+,16+,17+,19+,36+/m0/s1. The van der Waals surface area contributed by atoms with Gasteiger partial charge in [0.2, 0.25) is 5.82 Å². The molecule has 1 saturated heterocycles. The first-order chi connectivity index (χ1) is 16.9. The number of halogens is 1. The maximum absolute atomic E-state index is 13.7. The van der Waals surface area contributed by atoms with Gasteiger partial charge in [0.15, 0.2) is 6.23 Å². The molecule has 1 fully saturated rings. The van der Waals surface area contributed by atoms with Crippen LogP contribution in [-0.4, -0.2) is 57.6 Å². The number of para-hydroxylation sites is 1. The van der Waals surface area contributed by atoms with Gasteiger partial charge in [0.25, 0.3) is 5.56 Å². The van der Waals surface area contributed by atoms with E-state index in [0.29, 0.717) is 10.8 Å². The van der Waals surface area contributed by atoms with Gasteiger partial charge in [0.05, 0.1) is 24.9 Å². The summed E-state index contributed by atoms with van der Waals surface area (Å²) in [5.41, 5.74) is 3.72. The molecular formula is C21H28FN4O9P. The van der Waals surface area contributed by atoms with Crippen LogP contribution in [0.3, 0.4) is 0 Å². The summed E-state index contributed by atoms with van der Waals surface area (Å²) < 4.78 is 49.6. The summed E-state index contributed by atoms with van der Waals surface area (Å²) in [6.45, 7) is 4.15. The van der Waals surface area contributed by atoms with Crippen molar-refractivity contribution in [2.24, 2.45) is 5.73 Å². The number of aliphatic hydroxyl groups is 1. The number of ether oxygens (including phenoxy) is 2. The number of esters is 1.